The maximum absolute atomic E-state index is 4.47. The van der Waals surface area contributed by atoms with Crippen molar-refractivity contribution in [3.8, 4) is 0 Å². The molecule has 0 unspecified atom stereocenters. The summed E-state index contributed by atoms with van der Waals surface area (Å²) >= 11 is 3.00. The SMILES string of the molecule is C=CCCC([Se])=NCc1ccc(C)cc1. The van der Waals surface area contributed by atoms with Crippen LogP contribution < -0.4 is 0 Å². The first-order valence-corrected chi connectivity index (χ1v) is 5.95. The second-order valence-corrected chi connectivity index (χ2v) is 4.51. The minimum atomic E-state index is 0.764. The molecule has 1 aromatic rings. The Labute approximate surface area is 100 Å². The van der Waals surface area contributed by atoms with Crippen LogP contribution in [0.4, 0.5) is 0 Å². The summed E-state index contributed by atoms with van der Waals surface area (Å²) in [7, 11) is 0. The van der Waals surface area contributed by atoms with Gasteiger partial charge in [0.15, 0.2) is 0 Å². The molecule has 0 heterocycles. The van der Waals surface area contributed by atoms with E-state index < -0.39 is 0 Å². The minimum absolute atomic E-state index is 0.764. The van der Waals surface area contributed by atoms with Gasteiger partial charge in [0.25, 0.3) is 0 Å². The average molecular weight is 265 g/mol. The van der Waals surface area contributed by atoms with Gasteiger partial charge in [-0.05, 0) is 0 Å². The van der Waals surface area contributed by atoms with Crippen LogP contribution in [0.3, 0.4) is 0 Å². The van der Waals surface area contributed by atoms with Gasteiger partial charge < -0.3 is 0 Å². The molecule has 1 rings (SSSR count). The molecule has 0 fully saturated rings. The van der Waals surface area contributed by atoms with Gasteiger partial charge in [0.1, 0.15) is 0 Å². The number of aliphatic imine (C=N–C) groups is 1. The van der Waals surface area contributed by atoms with Crippen molar-refractivity contribution in [3.63, 3.8) is 0 Å². The van der Waals surface area contributed by atoms with Crippen molar-refractivity contribution in [1.82, 2.24) is 0 Å². The summed E-state index contributed by atoms with van der Waals surface area (Å²) in [6, 6.07) is 8.49. The maximum atomic E-state index is 4.47. The Kier molecular flexibility index (Phi) is 5.38. The zero-order valence-corrected chi connectivity index (χ0v) is 10.8. The van der Waals surface area contributed by atoms with Crippen molar-refractivity contribution < 1.29 is 0 Å². The molecule has 1 nitrogen and oxygen atoms in total. The van der Waals surface area contributed by atoms with Crippen molar-refractivity contribution in [2.75, 3.05) is 0 Å². The van der Waals surface area contributed by atoms with Crippen molar-refractivity contribution in [3.05, 3.63) is 48.0 Å². The number of hydrogen-bond donors (Lipinski definition) is 0. The van der Waals surface area contributed by atoms with Gasteiger partial charge in [0.2, 0.25) is 0 Å². The van der Waals surface area contributed by atoms with E-state index in [1.54, 1.807) is 0 Å². The van der Waals surface area contributed by atoms with Crippen LogP contribution in [0.15, 0.2) is 41.9 Å². The number of hydrogen-bond acceptors (Lipinski definition) is 1. The predicted octanol–water partition coefficient (Wildman–Crippen LogP) is 3.03. The summed E-state index contributed by atoms with van der Waals surface area (Å²) in [6.07, 6.45) is 3.87. The Hall–Kier alpha value is -0.851. The van der Waals surface area contributed by atoms with Crippen molar-refractivity contribution >= 4 is 20.6 Å². The third-order valence-corrected chi connectivity index (χ3v) is 2.82. The first-order chi connectivity index (χ1) is 7.22. The van der Waals surface area contributed by atoms with Gasteiger partial charge in [-0.15, -0.1) is 0 Å². The molecule has 0 bridgehead atoms. The van der Waals surface area contributed by atoms with Crippen molar-refractivity contribution in [1.29, 1.82) is 0 Å². The monoisotopic (exact) mass is 266 g/mol. The Morgan fingerprint density at radius 2 is 2.07 bits per heavy atom. The van der Waals surface area contributed by atoms with Gasteiger partial charge in [-0.3, -0.25) is 0 Å². The number of nitrogens with zero attached hydrogens (tertiary/aromatic N) is 1. The molecule has 0 saturated heterocycles. The van der Waals surface area contributed by atoms with E-state index in [1.165, 1.54) is 11.1 Å². The van der Waals surface area contributed by atoms with Gasteiger partial charge in [0, 0.05) is 0 Å². The zero-order chi connectivity index (χ0) is 11.1. The molecule has 0 aromatic heterocycles. The van der Waals surface area contributed by atoms with E-state index in [9.17, 15) is 0 Å². The predicted molar refractivity (Wildman–Crippen MR) is 67.5 cm³/mol. The van der Waals surface area contributed by atoms with Crippen LogP contribution >= 0.6 is 0 Å². The molecule has 0 aliphatic rings. The normalized spacial score (nSPS) is 11.4. The Balaban J connectivity index is 2.48. The number of allylic oxidation sites excluding steroid dienone is 1. The summed E-state index contributed by atoms with van der Waals surface area (Å²) in [4.78, 5) is 4.47. The summed E-state index contributed by atoms with van der Waals surface area (Å²) in [5.74, 6) is 0. The molecule has 15 heavy (non-hydrogen) atoms. The Bertz CT molecular complexity index is 338. The van der Waals surface area contributed by atoms with Crippen LogP contribution in [-0.4, -0.2) is 20.6 Å². The van der Waals surface area contributed by atoms with Crippen LogP contribution in [-0.2, 0) is 6.54 Å². The van der Waals surface area contributed by atoms with Crippen molar-refractivity contribution in [2.45, 2.75) is 26.3 Å². The summed E-state index contributed by atoms with van der Waals surface area (Å²) < 4.78 is 1.08. The van der Waals surface area contributed by atoms with Gasteiger partial charge in [-0.25, -0.2) is 0 Å². The van der Waals surface area contributed by atoms with Crippen molar-refractivity contribution in [2.24, 2.45) is 4.99 Å². The molecule has 0 spiro atoms. The first-order valence-electron chi connectivity index (χ1n) is 5.09. The molecular weight excluding hydrogens is 249 g/mol. The van der Waals surface area contributed by atoms with Crippen LogP contribution in [0.2, 0.25) is 0 Å². The fourth-order valence-electron chi connectivity index (χ4n) is 1.18. The number of benzene rings is 1. The molecule has 0 atom stereocenters. The summed E-state index contributed by atoms with van der Waals surface area (Å²) in [6.45, 7) is 6.55. The van der Waals surface area contributed by atoms with Crippen LogP contribution in [0.1, 0.15) is 24.0 Å². The van der Waals surface area contributed by atoms with Crippen LogP contribution in [0, 0.1) is 6.92 Å². The molecule has 2 heteroatoms. The zero-order valence-electron chi connectivity index (χ0n) is 9.07. The third-order valence-electron chi connectivity index (χ3n) is 2.12. The second kappa shape index (κ2) is 6.60. The molecular formula is C13H16NSe. The standard InChI is InChI=1S/C13H16NSe/c1-3-4-5-13(15)14-10-12-8-6-11(2)7-9-12/h3,6-9H,1,4-5,10H2,2H3. The van der Waals surface area contributed by atoms with E-state index >= 15 is 0 Å². The summed E-state index contributed by atoms with van der Waals surface area (Å²) in [5, 5.41) is 0. The van der Waals surface area contributed by atoms with E-state index in [1.807, 2.05) is 6.08 Å². The van der Waals surface area contributed by atoms with Gasteiger partial charge in [0.05, 0.1) is 0 Å². The summed E-state index contributed by atoms with van der Waals surface area (Å²) in [5.41, 5.74) is 2.55. The van der Waals surface area contributed by atoms with Gasteiger partial charge >= 0.3 is 100.0 Å². The van der Waals surface area contributed by atoms with E-state index in [0.717, 1.165) is 24.0 Å². The van der Waals surface area contributed by atoms with Crippen LogP contribution in [0.5, 0.6) is 0 Å². The average Bonchev–Trinajstić information content (AvgIpc) is 2.25. The molecule has 0 N–H and O–H groups in total. The van der Waals surface area contributed by atoms with E-state index in [-0.39, 0.29) is 0 Å². The fraction of sp³-hybridized carbons (Fsp3) is 0.308. The number of rotatable bonds is 5. The second-order valence-electron chi connectivity index (χ2n) is 3.52. The Morgan fingerprint density at radius 1 is 1.40 bits per heavy atom. The molecule has 0 amide bonds. The molecule has 0 aliphatic heterocycles. The quantitative estimate of drug-likeness (QED) is 0.441. The van der Waals surface area contributed by atoms with Crippen LogP contribution in [0.25, 0.3) is 0 Å². The van der Waals surface area contributed by atoms with Gasteiger partial charge in [-0.2, -0.15) is 0 Å². The third kappa shape index (κ3) is 4.96. The van der Waals surface area contributed by atoms with E-state index in [4.69, 9.17) is 0 Å². The molecule has 1 aromatic carbocycles. The number of aryl methyl sites for hydroxylation is 1. The fourth-order valence-corrected chi connectivity index (χ4v) is 1.56. The van der Waals surface area contributed by atoms with E-state index in [0.29, 0.717) is 0 Å². The van der Waals surface area contributed by atoms with E-state index in [2.05, 4.69) is 58.8 Å². The molecule has 0 saturated carbocycles. The molecule has 0 aliphatic carbocycles. The topological polar surface area (TPSA) is 12.4 Å². The molecule has 1 radical (unpaired) electrons. The Morgan fingerprint density at radius 3 is 2.67 bits per heavy atom. The molecule has 79 valence electrons. The first kappa shape index (κ1) is 12.2. The van der Waals surface area contributed by atoms with Gasteiger partial charge in [-0.1, -0.05) is 0 Å².